The smallest absolute Gasteiger partial charge is 0.261 e. The Bertz CT molecular complexity index is 1950. The molecule has 8 nitrogen and oxygen atoms in total. The zero-order valence-corrected chi connectivity index (χ0v) is 23.9. The third-order valence-electron chi connectivity index (χ3n) is 9.60. The van der Waals surface area contributed by atoms with E-state index in [4.69, 9.17) is 9.47 Å². The Morgan fingerprint density at radius 1 is 0.568 bits per heavy atom. The molecule has 2 aliphatic carbocycles. The third kappa shape index (κ3) is 3.17. The van der Waals surface area contributed by atoms with Crippen LogP contribution in [0.15, 0.2) is 103 Å². The normalized spacial score (nSPS) is 24.7. The highest BCUT2D eigenvalue weighted by Crippen LogP contribution is 2.69. The summed E-state index contributed by atoms with van der Waals surface area (Å²) in [4.78, 5) is 61.2. The Balaban J connectivity index is 1.41. The zero-order valence-electron chi connectivity index (χ0n) is 23.9. The van der Waals surface area contributed by atoms with Crippen molar-refractivity contribution in [2.45, 2.75) is 11.8 Å². The number of carbonyl (C=O) groups is 4. The van der Waals surface area contributed by atoms with Crippen LogP contribution in [-0.2, 0) is 19.2 Å². The summed E-state index contributed by atoms with van der Waals surface area (Å²) in [6.07, 6.45) is 1.74. The van der Waals surface area contributed by atoms with Gasteiger partial charge in [0.1, 0.15) is 11.5 Å². The van der Waals surface area contributed by atoms with Crippen LogP contribution in [0, 0.1) is 11.3 Å². The molecule has 2 fully saturated rings. The van der Waals surface area contributed by atoms with E-state index < -0.39 is 46.8 Å². The molecule has 0 bridgehead atoms. The molecule has 4 aliphatic rings. The predicted octanol–water partition coefficient (Wildman–Crippen LogP) is 5.08. The summed E-state index contributed by atoms with van der Waals surface area (Å²) < 4.78 is 10.6. The summed E-state index contributed by atoms with van der Waals surface area (Å²) in [7, 11) is 3.08. The van der Waals surface area contributed by atoms with E-state index >= 15 is 4.79 Å². The first-order valence-corrected chi connectivity index (χ1v) is 14.4. The van der Waals surface area contributed by atoms with Crippen LogP contribution in [0.3, 0.4) is 0 Å². The van der Waals surface area contributed by atoms with Gasteiger partial charge in [-0.25, -0.2) is 9.80 Å². The molecule has 0 aromatic heterocycles. The first kappa shape index (κ1) is 26.2. The maximum atomic E-state index is 15.2. The average molecular weight is 583 g/mol. The molecule has 4 aromatic rings. The molecule has 2 saturated heterocycles. The van der Waals surface area contributed by atoms with E-state index in [1.807, 2.05) is 48.5 Å². The lowest BCUT2D eigenvalue weighted by Gasteiger charge is -2.37. The van der Waals surface area contributed by atoms with Crippen LogP contribution in [0.1, 0.15) is 34.1 Å². The minimum absolute atomic E-state index is 0.205. The van der Waals surface area contributed by atoms with E-state index in [-0.39, 0.29) is 5.57 Å². The van der Waals surface area contributed by atoms with Crippen LogP contribution < -0.4 is 19.3 Å². The maximum absolute atomic E-state index is 15.2. The van der Waals surface area contributed by atoms with E-state index in [9.17, 15) is 14.4 Å². The molecule has 1 spiro atoms. The molecule has 4 aromatic carbocycles. The van der Waals surface area contributed by atoms with Gasteiger partial charge in [-0.2, -0.15) is 0 Å². The summed E-state index contributed by atoms with van der Waals surface area (Å²) in [5, 5.41) is 0. The molecular formula is C36H26N2O6. The number of benzene rings is 4. The quantitative estimate of drug-likeness (QED) is 0.312. The van der Waals surface area contributed by atoms with Gasteiger partial charge >= 0.3 is 0 Å². The van der Waals surface area contributed by atoms with Crippen molar-refractivity contribution in [3.63, 3.8) is 0 Å². The summed E-state index contributed by atoms with van der Waals surface area (Å²) in [6.45, 7) is 0. The van der Waals surface area contributed by atoms with Crippen LogP contribution in [-0.4, -0.2) is 37.8 Å². The molecule has 0 saturated carbocycles. The average Bonchev–Trinajstić information content (AvgIpc) is 3.53. The molecule has 4 amide bonds. The van der Waals surface area contributed by atoms with Crippen molar-refractivity contribution in [3.8, 4) is 11.5 Å². The van der Waals surface area contributed by atoms with Crippen molar-refractivity contribution in [3.05, 3.63) is 125 Å². The molecule has 2 aliphatic heterocycles. The summed E-state index contributed by atoms with van der Waals surface area (Å²) in [6, 6.07) is 28.5. The fourth-order valence-electron chi connectivity index (χ4n) is 7.85. The number of fused-ring (bicyclic) bond motifs is 6. The lowest BCUT2D eigenvalue weighted by atomic mass is 9.60. The van der Waals surface area contributed by atoms with Gasteiger partial charge in [0, 0.05) is 11.5 Å². The van der Waals surface area contributed by atoms with Crippen molar-refractivity contribution in [2.75, 3.05) is 24.0 Å². The molecule has 2 heterocycles. The van der Waals surface area contributed by atoms with Gasteiger partial charge in [0.15, 0.2) is 0 Å². The van der Waals surface area contributed by atoms with Crippen molar-refractivity contribution in [2.24, 2.45) is 11.3 Å². The second kappa shape index (κ2) is 9.25. The molecule has 8 rings (SSSR count). The molecule has 216 valence electrons. The number of ether oxygens (including phenoxy) is 2. The summed E-state index contributed by atoms with van der Waals surface area (Å²) in [5.74, 6) is -3.63. The Kier molecular flexibility index (Phi) is 5.50. The lowest BCUT2D eigenvalue weighted by molar-refractivity contribution is -0.135. The van der Waals surface area contributed by atoms with Gasteiger partial charge in [0.25, 0.3) is 5.91 Å². The first-order chi connectivity index (χ1) is 21.4. The lowest BCUT2D eigenvalue weighted by Crippen LogP contribution is -2.48. The van der Waals surface area contributed by atoms with Crippen LogP contribution in [0.25, 0.3) is 6.08 Å². The van der Waals surface area contributed by atoms with Gasteiger partial charge < -0.3 is 9.47 Å². The van der Waals surface area contributed by atoms with Gasteiger partial charge in [-0.1, -0.05) is 48.5 Å². The van der Waals surface area contributed by atoms with Gasteiger partial charge in [-0.15, -0.1) is 0 Å². The molecule has 1 unspecified atom stereocenters. The SMILES string of the molecule is COc1ccc(N2C(=O)C3=Cc4ccccc4[C@@H]4c5ccccc5[C@H]5C(=O)N(c6ccc(OC)cc6)C(=O)[C@@]45C3C2=O)cc1. The van der Waals surface area contributed by atoms with Crippen molar-refractivity contribution in [1.29, 1.82) is 0 Å². The standard InChI is InChI=1S/C36H26N2O6/c1-43-23-15-11-21(12-16-23)37-32(39)28-19-20-7-3-4-8-25(20)29-26-9-5-6-10-27(26)30-34(41)38(22-13-17-24(44-2)18-14-22)35(42)36(29,30)31(28)33(37)40/h3-19,29-31H,1-2H3/t29-,30+,31?,36+/m1/s1. The van der Waals surface area contributed by atoms with Crippen LogP contribution in [0.4, 0.5) is 11.4 Å². The first-order valence-electron chi connectivity index (χ1n) is 14.4. The third-order valence-corrected chi connectivity index (χ3v) is 9.60. The Morgan fingerprint density at radius 2 is 1.07 bits per heavy atom. The Hall–Kier alpha value is -5.50. The highest BCUT2D eigenvalue weighted by molar-refractivity contribution is 6.35. The number of hydrogen-bond donors (Lipinski definition) is 0. The number of carbonyl (C=O) groups excluding carboxylic acids is 4. The molecule has 0 N–H and O–H groups in total. The van der Waals surface area contributed by atoms with Gasteiger partial charge in [0.05, 0.1) is 42.8 Å². The number of hydrogen-bond acceptors (Lipinski definition) is 6. The second-order valence-corrected chi connectivity index (χ2v) is 11.4. The van der Waals surface area contributed by atoms with E-state index in [2.05, 4.69) is 0 Å². The Labute approximate surface area is 253 Å². The molecular weight excluding hydrogens is 556 g/mol. The van der Waals surface area contributed by atoms with Gasteiger partial charge in [-0.05, 0) is 76.9 Å². The van der Waals surface area contributed by atoms with Crippen molar-refractivity contribution in [1.82, 2.24) is 0 Å². The maximum Gasteiger partial charge on any atom is 0.261 e. The molecule has 0 radical (unpaired) electrons. The Morgan fingerprint density at radius 3 is 1.66 bits per heavy atom. The minimum atomic E-state index is -1.60. The molecule has 44 heavy (non-hydrogen) atoms. The second-order valence-electron chi connectivity index (χ2n) is 11.4. The van der Waals surface area contributed by atoms with Crippen LogP contribution in [0.2, 0.25) is 0 Å². The van der Waals surface area contributed by atoms with E-state index in [1.54, 1.807) is 61.7 Å². The van der Waals surface area contributed by atoms with Crippen LogP contribution >= 0.6 is 0 Å². The number of amides is 4. The molecule has 8 heteroatoms. The highest BCUT2D eigenvalue weighted by atomic mass is 16.5. The number of anilines is 2. The van der Waals surface area contributed by atoms with Gasteiger partial charge in [0.2, 0.25) is 17.7 Å². The van der Waals surface area contributed by atoms with Crippen molar-refractivity contribution < 1.29 is 28.7 Å². The number of imide groups is 2. The molecule has 4 atom stereocenters. The van der Waals surface area contributed by atoms with Crippen molar-refractivity contribution >= 4 is 41.1 Å². The minimum Gasteiger partial charge on any atom is -0.497 e. The van der Waals surface area contributed by atoms with Gasteiger partial charge in [-0.3, -0.25) is 19.2 Å². The largest absolute Gasteiger partial charge is 0.497 e. The van der Waals surface area contributed by atoms with E-state index in [1.165, 1.54) is 12.0 Å². The monoisotopic (exact) mass is 582 g/mol. The fourth-order valence-corrected chi connectivity index (χ4v) is 7.85. The number of rotatable bonds is 4. The zero-order chi connectivity index (χ0) is 30.3. The van der Waals surface area contributed by atoms with E-state index in [0.29, 0.717) is 28.4 Å². The highest BCUT2D eigenvalue weighted by Gasteiger charge is 2.75. The van der Waals surface area contributed by atoms with Crippen LogP contribution in [0.5, 0.6) is 11.5 Å². The summed E-state index contributed by atoms with van der Waals surface area (Å²) >= 11 is 0. The summed E-state index contributed by atoms with van der Waals surface area (Å²) in [5.41, 5.74) is 2.41. The predicted molar refractivity (Wildman–Crippen MR) is 162 cm³/mol. The number of nitrogens with zero attached hydrogens (tertiary/aromatic N) is 2. The fraction of sp³-hybridized carbons (Fsp3) is 0.167. The van der Waals surface area contributed by atoms with E-state index in [0.717, 1.165) is 21.6 Å². The number of methoxy groups -OCH3 is 2. The topological polar surface area (TPSA) is 93.2 Å².